The summed E-state index contributed by atoms with van der Waals surface area (Å²) in [5.74, 6) is 1.42. The fourth-order valence-electron chi connectivity index (χ4n) is 5.73. The number of likely N-dealkylation sites (N-methyl/N-ethyl adjacent to an activating group) is 1. The zero-order valence-corrected chi connectivity index (χ0v) is 25.8. The highest BCUT2D eigenvalue weighted by atomic mass is 16.5. The van der Waals surface area contributed by atoms with E-state index in [1.165, 1.54) is 0 Å². The molecule has 0 bridgehead atoms. The average Bonchev–Trinajstić information content (AvgIpc) is 3.04. The topological polar surface area (TPSA) is 101 Å². The highest BCUT2D eigenvalue weighted by Crippen LogP contribution is 2.35. The van der Waals surface area contributed by atoms with Crippen molar-refractivity contribution < 1.29 is 28.9 Å². The number of benzene rings is 3. The van der Waals surface area contributed by atoms with Gasteiger partial charge in [0.05, 0.1) is 23.9 Å². The molecule has 3 aromatic carbocycles. The molecule has 2 aliphatic rings. The fourth-order valence-corrected chi connectivity index (χ4v) is 5.73. The van der Waals surface area contributed by atoms with Crippen LogP contribution in [0, 0.1) is 11.8 Å². The first-order valence-corrected chi connectivity index (χ1v) is 15.4. The number of fused-ring (bicyclic) bond motifs is 1. The van der Waals surface area contributed by atoms with Gasteiger partial charge in [0.15, 0.2) is 5.75 Å². The van der Waals surface area contributed by atoms with Crippen LogP contribution >= 0.6 is 0 Å². The standard InChI is InChI=1S/C35H43N3O6/c1-24-20-38(25(2)23-39)35(41)30-10-7-11-31(36-34(40)27-16-18-42-19-17-27)33(30)44-32(24)22-37(3)21-26-12-14-29(15-13-26)43-28-8-5-4-6-9-28/h4-15,24-25,27,32,39H,16-23H2,1-3H3,(H,36,40)/t24-,25-,32-/m0/s1. The van der Waals surface area contributed by atoms with Gasteiger partial charge in [-0.05, 0) is 68.8 Å². The molecule has 9 heteroatoms. The Labute approximate surface area is 259 Å². The van der Waals surface area contributed by atoms with E-state index in [0.717, 1.165) is 17.1 Å². The summed E-state index contributed by atoms with van der Waals surface area (Å²) in [7, 11) is 2.04. The molecule has 0 spiro atoms. The van der Waals surface area contributed by atoms with Crippen LogP contribution < -0.4 is 14.8 Å². The molecular formula is C35H43N3O6. The number of carbonyl (C=O) groups is 2. The molecule has 9 nitrogen and oxygen atoms in total. The van der Waals surface area contributed by atoms with Gasteiger partial charge in [0.1, 0.15) is 17.6 Å². The summed E-state index contributed by atoms with van der Waals surface area (Å²) in [6, 6.07) is 22.6. The molecule has 2 N–H and O–H groups in total. The Hall–Kier alpha value is -3.92. The molecule has 3 atom stereocenters. The Morgan fingerprint density at radius 2 is 1.75 bits per heavy atom. The maximum absolute atomic E-state index is 13.8. The molecule has 2 aliphatic heterocycles. The minimum atomic E-state index is -0.369. The molecule has 3 aromatic rings. The van der Waals surface area contributed by atoms with Crippen LogP contribution in [-0.4, -0.2) is 78.8 Å². The number of nitrogens with zero attached hydrogens (tertiary/aromatic N) is 2. The largest absolute Gasteiger partial charge is 0.486 e. The lowest BCUT2D eigenvalue weighted by Gasteiger charge is -2.38. The van der Waals surface area contributed by atoms with Crippen molar-refractivity contribution in [3.05, 3.63) is 83.9 Å². The predicted molar refractivity (Wildman–Crippen MR) is 169 cm³/mol. The number of hydrogen-bond donors (Lipinski definition) is 2. The molecule has 0 saturated carbocycles. The first-order valence-electron chi connectivity index (χ1n) is 15.4. The van der Waals surface area contributed by atoms with Crippen LogP contribution in [0.25, 0.3) is 0 Å². The number of aliphatic hydroxyl groups is 1. The van der Waals surface area contributed by atoms with E-state index < -0.39 is 0 Å². The van der Waals surface area contributed by atoms with E-state index in [1.54, 1.807) is 23.1 Å². The van der Waals surface area contributed by atoms with E-state index in [9.17, 15) is 14.7 Å². The summed E-state index contributed by atoms with van der Waals surface area (Å²) in [6.45, 7) is 6.57. The molecule has 0 aliphatic carbocycles. The Morgan fingerprint density at radius 1 is 1.05 bits per heavy atom. The van der Waals surface area contributed by atoms with Crippen molar-refractivity contribution in [2.45, 2.75) is 45.4 Å². The van der Waals surface area contributed by atoms with E-state index in [-0.39, 0.29) is 42.4 Å². The zero-order chi connectivity index (χ0) is 31.1. The third-order valence-electron chi connectivity index (χ3n) is 8.39. The van der Waals surface area contributed by atoms with Gasteiger partial charge in [0, 0.05) is 44.7 Å². The summed E-state index contributed by atoms with van der Waals surface area (Å²) in [5, 5.41) is 13.0. The normalized spacial score (nSPS) is 19.8. The zero-order valence-electron chi connectivity index (χ0n) is 25.8. The van der Waals surface area contributed by atoms with E-state index >= 15 is 0 Å². The maximum atomic E-state index is 13.8. The molecule has 0 radical (unpaired) electrons. The van der Waals surface area contributed by atoms with Crippen LogP contribution in [0.3, 0.4) is 0 Å². The smallest absolute Gasteiger partial charge is 0.258 e. The van der Waals surface area contributed by atoms with Crippen molar-refractivity contribution in [3.8, 4) is 17.2 Å². The van der Waals surface area contributed by atoms with Gasteiger partial charge in [-0.15, -0.1) is 0 Å². The minimum Gasteiger partial charge on any atom is -0.486 e. The monoisotopic (exact) mass is 601 g/mol. The van der Waals surface area contributed by atoms with Gasteiger partial charge >= 0.3 is 0 Å². The van der Waals surface area contributed by atoms with Crippen molar-refractivity contribution in [2.75, 3.05) is 45.3 Å². The molecule has 1 saturated heterocycles. The average molecular weight is 602 g/mol. The molecule has 5 rings (SSSR count). The van der Waals surface area contributed by atoms with Crippen molar-refractivity contribution in [1.29, 1.82) is 0 Å². The number of hydrogen-bond acceptors (Lipinski definition) is 7. The van der Waals surface area contributed by atoms with Crippen LogP contribution in [0.2, 0.25) is 0 Å². The van der Waals surface area contributed by atoms with Crippen LogP contribution in [0.1, 0.15) is 42.6 Å². The summed E-state index contributed by atoms with van der Waals surface area (Å²) in [5.41, 5.74) is 1.99. The van der Waals surface area contributed by atoms with E-state index in [4.69, 9.17) is 14.2 Å². The van der Waals surface area contributed by atoms with Crippen LogP contribution in [0.5, 0.6) is 17.2 Å². The number of ether oxygens (including phenoxy) is 3. The lowest BCUT2D eigenvalue weighted by molar-refractivity contribution is -0.122. The predicted octanol–water partition coefficient (Wildman–Crippen LogP) is 5.20. The first-order chi connectivity index (χ1) is 21.3. The highest BCUT2D eigenvalue weighted by molar-refractivity contribution is 6.02. The van der Waals surface area contributed by atoms with Gasteiger partial charge in [-0.2, -0.15) is 0 Å². The van der Waals surface area contributed by atoms with E-state index in [2.05, 4.69) is 29.3 Å². The van der Waals surface area contributed by atoms with Gasteiger partial charge in [-0.25, -0.2) is 0 Å². The summed E-state index contributed by atoms with van der Waals surface area (Å²) in [4.78, 5) is 30.9. The second-order valence-electron chi connectivity index (χ2n) is 11.9. The molecular weight excluding hydrogens is 558 g/mol. The fraction of sp³-hybridized carbons (Fsp3) is 0.429. The lowest BCUT2D eigenvalue weighted by Crippen LogP contribution is -2.49. The van der Waals surface area contributed by atoms with E-state index in [0.29, 0.717) is 62.7 Å². The van der Waals surface area contributed by atoms with Crippen LogP contribution in [-0.2, 0) is 16.1 Å². The molecule has 234 valence electrons. The van der Waals surface area contributed by atoms with Crippen LogP contribution in [0.4, 0.5) is 5.69 Å². The van der Waals surface area contributed by atoms with Gasteiger partial charge in [0.25, 0.3) is 5.91 Å². The van der Waals surface area contributed by atoms with Crippen LogP contribution in [0.15, 0.2) is 72.8 Å². The number of carbonyl (C=O) groups excluding carboxylic acids is 2. The third kappa shape index (κ3) is 7.77. The second kappa shape index (κ2) is 14.7. The number of aliphatic hydroxyl groups excluding tert-OH is 1. The number of para-hydroxylation sites is 2. The molecule has 2 amide bonds. The van der Waals surface area contributed by atoms with Crippen molar-refractivity contribution in [3.63, 3.8) is 0 Å². The number of amides is 2. The Morgan fingerprint density at radius 3 is 2.45 bits per heavy atom. The molecule has 2 heterocycles. The highest BCUT2D eigenvalue weighted by Gasteiger charge is 2.35. The van der Waals surface area contributed by atoms with Crippen molar-refractivity contribution in [2.24, 2.45) is 11.8 Å². The maximum Gasteiger partial charge on any atom is 0.258 e. The Bertz CT molecular complexity index is 1390. The van der Waals surface area contributed by atoms with Gasteiger partial charge in [-0.1, -0.05) is 43.3 Å². The van der Waals surface area contributed by atoms with E-state index in [1.807, 2.05) is 56.4 Å². The number of anilines is 1. The molecule has 0 unspecified atom stereocenters. The van der Waals surface area contributed by atoms with Crippen molar-refractivity contribution >= 4 is 17.5 Å². The summed E-state index contributed by atoms with van der Waals surface area (Å²) < 4.78 is 18.1. The number of rotatable bonds is 10. The number of nitrogens with one attached hydrogen (secondary N) is 1. The quantitative estimate of drug-likeness (QED) is 0.330. The van der Waals surface area contributed by atoms with Gasteiger partial charge < -0.3 is 29.5 Å². The van der Waals surface area contributed by atoms with Crippen molar-refractivity contribution in [1.82, 2.24) is 9.80 Å². The lowest BCUT2D eigenvalue weighted by atomic mass is 9.98. The first kappa shape index (κ1) is 31.5. The third-order valence-corrected chi connectivity index (χ3v) is 8.39. The molecule has 0 aromatic heterocycles. The Kier molecular flexibility index (Phi) is 10.5. The molecule has 44 heavy (non-hydrogen) atoms. The summed E-state index contributed by atoms with van der Waals surface area (Å²) in [6.07, 6.45) is 1.03. The van der Waals surface area contributed by atoms with Gasteiger partial charge in [0.2, 0.25) is 5.91 Å². The SMILES string of the molecule is C[C@H]1CN([C@@H](C)CO)C(=O)c2cccc(NC(=O)C3CCOCC3)c2O[C@H]1CN(C)Cc1ccc(Oc2ccccc2)cc1. The second-order valence-corrected chi connectivity index (χ2v) is 11.9. The minimum absolute atomic E-state index is 0.0514. The van der Waals surface area contributed by atoms with Gasteiger partial charge in [-0.3, -0.25) is 14.5 Å². The molecule has 1 fully saturated rings. The summed E-state index contributed by atoms with van der Waals surface area (Å²) >= 11 is 0. The Balaban J connectivity index is 1.34.